The van der Waals surface area contributed by atoms with Crippen LogP contribution >= 0.6 is 11.6 Å². The number of carboxylic acid groups (broad SMARTS) is 1. The number of rotatable bonds is 4. The summed E-state index contributed by atoms with van der Waals surface area (Å²) >= 11 is 5.46. The highest BCUT2D eigenvalue weighted by atomic mass is 35.5. The summed E-state index contributed by atoms with van der Waals surface area (Å²) in [6.07, 6.45) is -2.58. The molecule has 1 aromatic rings. The van der Waals surface area contributed by atoms with Gasteiger partial charge in [0.15, 0.2) is 0 Å². The number of aromatic amines is 1. The van der Waals surface area contributed by atoms with Gasteiger partial charge in [-0.15, -0.1) is 11.6 Å². The number of H-pyrrole nitrogens is 1. The lowest BCUT2D eigenvalue weighted by Gasteiger charge is -2.09. The lowest BCUT2D eigenvalue weighted by atomic mass is 10.0. The van der Waals surface area contributed by atoms with E-state index in [1.807, 2.05) is 0 Å². The molecular formula is C9H8ClF2NO3. The number of halogens is 3. The van der Waals surface area contributed by atoms with E-state index < -0.39 is 29.9 Å². The number of nitrogens with one attached hydrogen (secondary N) is 1. The third-order valence-corrected chi connectivity index (χ3v) is 2.31. The van der Waals surface area contributed by atoms with Gasteiger partial charge < -0.3 is 10.1 Å². The van der Waals surface area contributed by atoms with Crippen LogP contribution in [0.25, 0.3) is 0 Å². The predicted octanol–water partition coefficient (Wildman–Crippen LogP) is 1.68. The van der Waals surface area contributed by atoms with Crippen LogP contribution < -0.4 is 5.56 Å². The van der Waals surface area contributed by atoms with Crippen LogP contribution in [0, 0.1) is 0 Å². The van der Waals surface area contributed by atoms with Crippen LogP contribution in [0.4, 0.5) is 8.78 Å². The smallest absolute Gasteiger partial charge is 0.308 e. The van der Waals surface area contributed by atoms with Gasteiger partial charge in [-0.05, 0) is 5.56 Å². The van der Waals surface area contributed by atoms with Crippen LogP contribution in [0.2, 0.25) is 0 Å². The molecule has 0 atom stereocenters. The highest BCUT2D eigenvalue weighted by Gasteiger charge is 2.19. The SMILES string of the molecule is O=C(O)Cc1c(CCl)c(C(F)F)c[nH]c1=O. The van der Waals surface area contributed by atoms with Gasteiger partial charge in [-0.3, -0.25) is 9.59 Å². The molecule has 1 heterocycles. The molecule has 0 spiro atoms. The zero-order chi connectivity index (χ0) is 12.3. The minimum Gasteiger partial charge on any atom is -0.481 e. The lowest BCUT2D eigenvalue weighted by Crippen LogP contribution is -2.20. The van der Waals surface area contributed by atoms with Crippen molar-refractivity contribution < 1.29 is 18.7 Å². The Hall–Kier alpha value is -1.43. The van der Waals surface area contributed by atoms with Gasteiger partial charge in [-0.1, -0.05) is 0 Å². The standard InChI is InChI=1S/C9H8ClF2NO3/c10-2-5-4(1-7(14)15)9(16)13-3-6(5)8(11)12/h3,8H,1-2H2,(H,13,16)(H,14,15). The first-order chi connectivity index (χ1) is 7.47. The first-order valence-corrected chi connectivity index (χ1v) is 4.80. The number of hydrogen-bond acceptors (Lipinski definition) is 2. The highest BCUT2D eigenvalue weighted by Crippen LogP contribution is 2.24. The van der Waals surface area contributed by atoms with E-state index in [2.05, 4.69) is 4.98 Å². The van der Waals surface area contributed by atoms with Gasteiger partial charge in [0.05, 0.1) is 6.42 Å². The molecule has 0 aliphatic rings. The maximum absolute atomic E-state index is 12.5. The first-order valence-electron chi connectivity index (χ1n) is 4.26. The second-order valence-corrected chi connectivity index (χ2v) is 3.30. The fourth-order valence-corrected chi connectivity index (χ4v) is 1.64. The maximum Gasteiger partial charge on any atom is 0.308 e. The molecule has 0 aromatic carbocycles. The van der Waals surface area contributed by atoms with Crippen LogP contribution in [-0.4, -0.2) is 16.1 Å². The molecule has 2 N–H and O–H groups in total. The molecule has 0 bridgehead atoms. The van der Waals surface area contributed by atoms with Gasteiger partial charge in [0, 0.05) is 23.2 Å². The molecule has 4 nitrogen and oxygen atoms in total. The van der Waals surface area contributed by atoms with Crippen molar-refractivity contribution in [3.63, 3.8) is 0 Å². The molecule has 0 fully saturated rings. The molecule has 0 saturated heterocycles. The molecule has 0 radical (unpaired) electrons. The normalized spacial score (nSPS) is 10.8. The number of pyridine rings is 1. The van der Waals surface area contributed by atoms with Crippen LogP contribution in [0.5, 0.6) is 0 Å². The van der Waals surface area contributed by atoms with Crippen LogP contribution in [0.15, 0.2) is 11.0 Å². The zero-order valence-electron chi connectivity index (χ0n) is 7.97. The van der Waals surface area contributed by atoms with Gasteiger partial charge in [0.25, 0.3) is 12.0 Å². The van der Waals surface area contributed by atoms with E-state index in [-0.39, 0.29) is 17.0 Å². The summed E-state index contributed by atoms with van der Waals surface area (Å²) in [6, 6.07) is 0. The molecule has 7 heteroatoms. The van der Waals surface area contributed by atoms with Crippen LogP contribution in [0.3, 0.4) is 0 Å². The largest absolute Gasteiger partial charge is 0.481 e. The van der Waals surface area contributed by atoms with Crippen molar-refractivity contribution in [3.05, 3.63) is 33.2 Å². The molecule has 1 rings (SSSR count). The maximum atomic E-state index is 12.5. The summed E-state index contributed by atoms with van der Waals surface area (Å²) < 4.78 is 25.1. The molecular weight excluding hydrogens is 244 g/mol. The van der Waals surface area contributed by atoms with Crippen LogP contribution in [0.1, 0.15) is 23.1 Å². The lowest BCUT2D eigenvalue weighted by molar-refractivity contribution is -0.136. The Morgan fingerprint density at radius 2 is 2.12 bits per heavy atom. The van der Waals surface area contributed by atoms with E-state index in [0.29, 0.717) is 0 Å². The van der Waals surface area contributed by atoms with Crippen molar-refractivity contribution in [2.75, 3.05) is 0 Å². The van der Waals surface area contributed by atoms with Gasteiger partial charge in [-0.25, -0.2) is 8.78 Å². The molecule has 0 amide bonds. The van der Waals surface area contributed by atoms with E-state index >= 15 is 0 Å². The Balaban J connectivity index is 3.38. The van der Waals surface area contributed by atoms with Gasteiger partial charge in [0.1, 0.15) is 0 Å². The summed E-state index contributed by atoms with van der Waals surface area (Å²) in [4.78, 5) is 23.8. The Labute approximate surface area is 93.9 Å². The Morgan fingerprint density at radius 3 is 2.56 bits per heavy atom. The summed E-state index contributed by atoms with van der Waals surface area (Å²) in [6.45, 7) is 0. The van der Waals surface area contributed by atoms with Gasteiger partial charge >= 0.3 is 5.97 Å². The van der Waals surface area contributed by atoms with E-state index in [4.69, 9.17) is 16.7 Å². The van der Waals surface area contributed by atoms with Gasteiger partial charge in [0.2, 0.25) is 0 Å². The van der Waals surface area contributed by atoms with Crippen molar-refractivity contribution >= 4 is 17.6 Å². The van der Waals surface area contributed by atoms with Crippen LogP contribution in [-0.2, 0) is 17.1 Å². The van der Waals surface area contributed by atoms with Crippen molar-refractivity contribution in [3.8, 4) is 0 Å². The summed E-state index contributed by atoms with van der Waals surface area (Å²) in [5, 5.41) is 8.56. The number of hydrogen-bond donors (Lipinski definition) is 2. The molecule has 88 valence electrons. The topological polar surface area (TPSA) is 70.2 Å². The number of carboxylic acids is 1. The second kappa shape index (κ2) is 5.07. The van der Waals surface area contributed by atoms with E-state index in [0.717, 1.165) is 6.20 Å². The third kappa shape index (κ3) is 2.57. The second-order valence-electron chi connectivity index (χ2n) is 3.04. The Morgan fingerprint density at radius 1 is 1.50 bits per heavy atom. The Kier molecular flexibility index (Phi) is 4.00. The van der Waals surface area contributed by atoms with E-state index in [1.54, 1.807) is 0 Å². The molecule has 0 aliphatic heterocycles. The minimum absolute atomic E-state index is 0.109. The molecule has 0 unspecified atom stereocenters. The van der Waals surface area contributed by atoms with Crippen molar-refractivity contribution in [1.29, 1.82) is 0 Å². The quantitative estimate of drug-likeness (QED) is 0.800. The molecule has 0 saturated carbocycles. The number of aliphatic carboxylic acids is 1. The minimum atomic E-state index is -2.81. The fourth-order valence-electron chi connectivity index (χ4n) is 1.32. The average Bonchev–Trinajstić information content (AvgIpc) is 2.19. The zero-order valence-corrected chi connectivity index (χ0v) is 8.72. The fraction of sp³-hybridized carbons (Fsp3) is 0.333. The Bertz CT molecular complexity index is 459. The number of alkyl halides is 3. The predicted molar refractivity (Wildman–Crippen MR) is 52.9 cm³/mol. The van der Waals surface area contributed by atoms with Crippen molar-refractivity contribution in [2.45, 2.75) is 18.7 Å². The van der Waals surface area contributed by atoms with Gasteiger partial charge in [-0.2, -0.15) is 0 Å². The average molecular weight is 252 g/mol. The molecule has 16 heavy (non-hydrogen) atoms. The number of carbonyl (C=O) groups is 1. The first kappa shape index (κ1) is 12.6. The van der Waals surface area contributed by atoms with E-state index in [1.165, 1.54) is 0 Å². The monoisotopic (exact) mass is 251 g/mol. The van der Waals surface area contributed by atoms with E-state index in [9.17, 15) is 18.4 Å². The summed E-state index contributed by atoms with van der Waals surface area (Å²) in [5.41, 5.74) is -1.48. The highest BCUT2D eigenvalue weighted by molar-refractivity contribution is 6.17. The van der Waals surface area contributed by atoms with Crippen molar-refractivity contribution in [1.82, 2.24) is 4.98 Å². The summed E-state index contributed by atoms with van der Waals surface area (Å²) in [5.74, 6) is -1.60. The summed E-state index contributed by atoms with van der Waals surface area (Å²) in [7, 11) is 0. The number of aromatic nitrogens is 1. The third-order valence-electron chi connectivity index (χ3n) is 2.04. The molecule has 0 aliphatic carbocycles. The van der Waals surface area contributed by atoms with Crippen molar-refractivity contribution in [2.24, 2.45) is 0 Å². The molecule has 1 aromatic heterocycles.